The van der Waals surface area contributed by atoms with Crippen molar-refractivity contribution in [2.24, 2.45) is 0 Å². The molecule has 1 aliphatic rings. The fourth-order valence-electron chi connectivity index (χ4n) is 2.07. The molecule has 0 amide bonds. The second kappa shape index (κ2) is 6.58. The van der Waals surface area contributed by atoms with E-state index in [0.717, 1.165) is 17.5 Å². The third-order valence-corrected chi connectivity index (χ3v) is 4.58. The van der Waals surface area contributed by atoms with Crippen LogP contribution in [-0.4, -0.2) is 6.04 Å². The molecule has 1 N–H and O–H groups in total. The van der Waals surface area contributed by atoms with Gasteiger partial charge in [0.1, 0.15) is 0 Å². The lowest BCUT2D eigenvalue weighted by molar-refractivity contribution is 0.502. The Bertz CT molecular complexity index is 609. The van der Waals surface area contributed by atoms with Crippen molar-refractivity contribution >= 4 is 11.8 Å². The van der Waals surface area contributed by atoms with Gasteiger partial charge in [0.15, 0.2) is 11.6 Å². The first kappa shape index (κ1) is 14.5. The quantitative estimate of drug-likeness (QED) is 0.788. The number of rotatable bonds is 6. The third-order valence-electron chi connectivity index (χ3n) is 3.52. The molecule has 0 aromatic heterocycles. The third kappa shape index (κ3) is 4.05. The molecule has 0 atom stereocenters. The van der Waals surface area contributed by atoms with Crippen LogP contribution in [0.25, 0.3) is 0 Å². The fourth-order valence-corrected chi connectivity index (χ4v) is 2.95. The minimum absolute atomic E-state index is 0.402. The predicted octanol–water partition coefficient (Wildman–Crippen LogP) is 4.51. The number of thioether (sulfide) groups is 1. The van der Waals surface area contributed by atoms with E-state index in [1.807, 2.05) is 12.1 Å². The highest BCUT2D eigenvalue weighted by molar-refractivity contribution is 7.98. The van der Waals surface area contributed by atoms with E-state index < -0.39 is 11.6 Å². The summed E-state index contributed by atoms with van der Waals surface area (Å²) >= 11 is 1.51. The van der Waals surface area contributed by atoms with Crippen LogP contribution < -0.4 is 5.32 Å². The molecule has 110 valence electrons. The van der Waals surface area contributed by atoms with Crippen LogP contribution in [0.5, 0.6) is 0 Å². The van der Waals surface area contributed by atoms with Crippen molar-refractivity contribution in [1.82, 2.24) is 5.32 Å². The summed E-state index contributed by atoms with van der Waals surface area (Å²) in [5.41, 5.74) is 1.66. The van der Waals surface area contributed by atoms with Gasteiger partial charge in [-0.1, -0.05) is 24.3 Å². The first-order chi connectivity index (χ1) is 10.2. The van der Waals surface area contributed by atoms with E-state index in [1.165, 1.54) is 30.2 Å². The Morgan fingerprint density at radius 3 is 2.52 bits per heavy atom. The van der Waals surface area contributed by atoms with Gasteiger partial charge in [-0.3, -0.25) is 0 Å². The van der Waals surface area contributed by atoms with Crippen LogP contribution in [0.4, 0.5) is 8.78 Å². The maximum absolute atomic E-state index is 13.6. The van der Waals surface area contributed by atoms with Gasteiger partial charge in [-0.05, 0) is 36.6 Å². The van der Waals surface area contributed by atoms with Crippen molar-refractivity contribution in [1.29, 1.82) is 0 Å². The van der Waals surface area contributed by atoms with Crippen molar-refractivity contribution < 1.29 is 8.78 Å². The zero-order chi connectivity index (χ0) is 14.7. The van der Waals surface area contributed by atoms with E-state index in [0.29, 0.717) is 17.4 Å². The lowest BCUT2D eigenvalue weighted by Gasteiger charge is -2.06. The molecule has 0 unspecified atom stereocenters. The Kier molecular flexibility index (Phi) is 4.56. The first-order valence-corrected chi connectivity index (χ1v) is 8.09. The molecule has 2 aromatic carbocycles. The van der Waals surface area contributed by atoms with E-state index in [1.54, 1.807) is 12.1 Å². The molecule has 0 bridgehead atoms. The van der Waals surface area contributed by atoms with Crippen molar-refractivity contribution in [3.63, 3.8) is 0 Å². The molecule has 3 rings (SSSR count). The summed E-state index contributed by atoms with van der Waals surface area (Å²) < 4.78 is 26.7. The highest BCUT2D eigenvalue weighted by Crippen LogP contribution is 2.25. The highest BCUT2D eigenvalue weighted by atomic mass is 32.2. The fraction of sp³-hybridized carbons (Fsp3) is 0.294. The summed E-state index contributed by atoms with van der Waals surface area (Å²) in [4.78, 5) is 1.06. The van der Waals surface area contributed by atoms with Gasteiger partial charge >= 0.3 is 0 Å². The Morgan fingerprint density at radius 2 is 1.81 bits per heavy atom. The number of hydrogen-bond acceptors (Lipinski definition) is 2. The number of halogens is 2. The summed E-state index contributed by atoms with van der Waals surface area (Å²) in [6.45, 7) is 0.897. The molecule has 0 heterocycles. The van der Waals surface area contributed by atoms with Gasteiger partial charge in [-0.2, -0.15) is 0 Å². The average Bonchev–Trinajstić information content (AvgIpc) is 3.32. The smallest absolute Gasteiger partial charge is 0.162 e. The summed E-state index contributed by atoms with van der Waals surface area (Å²) in [7, 11) is 0. The summed E-state index contributed by atoms with van der Waals surface area (Å²) in [5, 5.41) is 3.47. The number of benzene rings is 2. The van der Waals surface area contributed by atoms with Crippen LogP contribution >= 0.6 is 11.8 Å². The van der Waals surface area contributed by atoms with E-state index in [2.05, 4.69) is 17.4 Å². The van der Waals surface area contributed by atoms with Crippen LogP contribution in [0.15, 0.2) is 47.4 Å². The van der Waals surface area contributed by atoms with Gasteiger partial charge in [0, 0.05) is 28.8 Å². The van der Waals surface area contributed by atoms with Crippen LogP contribution in [0.3, 0.4) is 0 Å². The molecule has 0 saturated heterocycles. The Morgan fingerprint density at radius 1 is 1.05 bits per heavy atom. The van der Waals surface area contributed by atoms with E-state index in [9.17, 15) is 8.78 Å². The van der Waals surface area contributed by atoms with Crippen molar-refractivity contribution in [2.75, 3.05) is 0 Å². The van der Waals surface area contributed by atoms with Gasteiger partial charge in [0.2, 0.25) is 0 Å². The van der Waals surface area contributed by atoms with Gasteiger partial charge in [0.25, 0.3) is 0 Å². The van der Waals surface area contributed by atoms with Gasteiger partial charge in [0.05, 0.1) is 0 Å². The summed E-state index contributed by atoms with van der Waals surface area (Å²) in [5.74, 6) is -1.09. The molecular weight excluding hydrogens is 288 g/mol. The van der Waals surface area contributed by atoms with Gasteiger partial charge < -0.3 is 5.32 Å². The molecular formula is C17H17F2NS. The number of nitrogens with one attached hydrogen (secondary N) is 1. The zero-order valence-electron chi connectivity index (χ0n) is 11.6. The van der Waals surface area contributed by atoms with Crippen LogP contribution in [-0.2, 0) is 12.3 Å². The molecule has 1 nitrogen and oxygen atoms in total. The highest BCUT2D eigenvalue weighted by Gasteiger charge is 2.19. The largest absolute Gasteiger partial charge is 0.310 e. The van der Waals surface area contributed by atoms with Crippen molar-refractivity contribution in [3.8, 4) is 0 Å². The second-order valence-electron chi connectivity index (χ2n) is 5.30. The van der Waals surface area contributed by atoms with E-state index >= 15 is 0 Å². The maximum atomic E-state index is 13.6. The maximum Gasteiger partial charge on any atom is 0.162 e. The van der Waals surface area contributed by atoms with E-state index in [4.69, 9.17) is 0 Å². The number of hydrogen-bond donors (Lipinski definition) is 1. The van der Waals surface area contributed by atoms with Crippen molar-refractivity contribution in [3.05, 3.63) is 65.2 Å². The molecule has 2 aromatic rings. The molecule has 0 radical (unpaired) electrons. The average molecular weight is 305 g/mol. The van der Waals surface area contributed by atoms with Gasteiger partial charge in [-0.15, -0.1) is 11.8 Å². The Balaban J connectivity index is 1.56. The van der Waals surface area contributed by atoms with Gasteiger partial charge in [-0.25, -0.2) is 8.78 Å². The lowest BCUT2D eigenvalue weighted by atomic mass is 10.2. The molecule has 1 aliphatic carbocycles. The topological polar surface area (TPSA) is 12.0 Å². The molecule has 4 heteroatoms. The zero-order valence-corrected chi connectivity index (χ0v) is 12.4. The van der Waals surface area contributed by atoms with Crippen molar-refractivity contribution in [2.45, 2.75) is 36.1 Å². The minimum Gasteiger partial charge on any atom is -0.310 e. The van der Waals surface area contributed by atoms with Crippen LogP contribution in [0.2, 0.25) is 0 Å². The normalized spacial score (nSPS) is 14.4. The molecule has 0 aliphatic heterocycles. The SMILES string of the molecule is Fc1cccc(CSc2ccc(CNC3CC3)cc2)c1F. The van der Waals surface area contributed by atoms with E-state index in [-0.39, 0.29) is 0 Å². The standard InChI is InChI=1S/C17H17F2NS/c18-16-3-1-2-13(17(16)19)11-21-15-8-4-12(5-9-15)10-20-14-6-7-14/h1-5,8-9,14,20H,6-7,10-11H2. The lowest BCUT2D eigenvalue weighted by Crippen LogP contribution is -2.14. The first-order valence-electron chi connectivity index (χ1n) is 7.10. The monoisotopic (exact) mass is 305 g/mol. The Hall–Kier alpha value is -1.39. The summed E-state index contributed by atoms with van der Waals surface area (Å²) in [6.07, 6.45) is 2.57. The van der Waals surface area contributed by atoms with Crippen LogP contribution in [0.1, 0.15) is 24.0 Å². The minimum atomic E-state index is -0.783. The molecule has 1 saturated carbocycles. The van der Waals surface area contributed by atoms with Crippen LogP contribution in [0, 0.1) is 11.6 Å². The second-order valence-corrected chi connectivity index (χ2v) is 6.35. The predicted molar refractivity (Wildman–Crippen MR) is 82.2 cm³/mol. The molecule has 21 heavy (non-hydrogen) atoms. The molecule has 1 fully saturated rings. The molecule has 0 spiro atoms. The Labute approximate surface area is 127 Å². The summed E-state index contributed by atoms with van der Waals surface area (Å²) in [6, 6.07) is 13.2.